The number of hydrogen-bond donors (Lipinski definition) is 2. The molecule has 2 N–H and O–H groups in total. The van der Waals surface area contributed by atoms with Gasteiger partial charge in [-0.15, -0.1) is 11.3 Å². The van der Waals surface area contributed by atoms with E-state index in [4.69, 9.17) is 0 Å². The van der Waals surface area contributed by atoms with E-state index in [1.54, 1.807) is 34.7 Å². The van der Waals surface area contributed by atoms with Gasteiger partial charge in [-0.25, -0.2) is 9.78 Å². The molecule has 0 saturated carbocycles. The lowest BCUT2D eigenvalue weighted by molar-refractivity contribution is -0.134. The van der Waals surface area contributed by atoms with Gasteiger partial charge in [0.2, 0.25) is 5.91 Å². The second-order valence-corrected chi connectivity index (χ2v) is 10.1. The molecular formula is C25H31N5O4S. The lowest BCUT2D eigenvalue weighted by Gasteiger charge is -2.40. The standard InChI is InChI=1S/C25H31N5O4S/c1-4-25(23(33)30(24(34)28-25)14-11-21-16(2)26-15-35-21)19-9-12-29(13-10-19)22(32)18-5-7-20(8-6-18)27-17(3)31/h5-8,15,19H,4,9-14H2,1-3H3,(H,27,31)(H,28,34). The van der Waals surface area contributed by atoms with Crippen LogP contribution in [0.25, 0.3) is 0 Å². The first kappa shape index (κ1) is 24.8. The van der Waals surface area contributed by atoms with Gasteiger partial charge in [-0.1, -0.05) is 6.92 Å². The predicted octanol–water partition coefficient (Wildman–Crippen LogP) is 3.21. The molecular weight excluding hydrogens is 466 g/mol. The highest BCUT2D eigenvalue weighted by atomic mass is 32.1. The summed E-state index contributed by atoms with van der Waals surface area (Å²) in [6.07, 6.45) is 2.38. The minimum atomic E-state index is -0.922. The van der Waals surface area contributed by atoms with Gasteiger partial charge in [0.25, 0.3) is 11.8 Å². The molecule has 3 heterocycles. The zero-order valence-electron chi connectivity index (χ0n) is 20.3. The second kappa shape index (κ2) is 10.2. The van der Waals surface area contributed by atoms with E-state index in [0.29, 0.717) is 56.6 Å². The van der Waals surface area contributed by atoms with Gasteiger partial charge < -0.3 is 15.5 Å². The molecule has 2 aliphatic heterocycles. The van der Waals surface area contributed by atoms with Crippen LogP contribution in [0.2, 0.25) is 0 Å². The van der Waals surface area contributed by atoms with E-state index in [-0.39, 0.29) is 29.7 Å². The third kappa shape index (κ3) is 4.93. The largest absolute Gasteiger partial charge is 0.339 e. The van der Waals surface area contributed by atoms with Gasteiger partial charge >= 0.3 is 6.03 Å². The van der Waals surface area contributed by atoms with E-state index >= 15 is 0 Å². The van der Waals surface area contributed by atoms with E-state index in [2.05, 4.69) is 15.6 Å². The number of anilines is 1. The van der Waals surface area contributed by atoms with Gasteiger partial charge in [0.15, 0.2) is 0 Å². The summed E-state index contributed by atoms with van der Waals surface area (Å²) in [5, 5.41) is 5.71. The highest BCUT2D eigenvalue weighted by Crippen LogP contribution is 2.36. The molecule has 2 fully saturated rings. The van der Waals surface area contributed by atoms with E-state index in [1.165, 1.54) is 23.2 Å². The fourth-order valence-corrected chi connectivity index (χ4v) is 5.86. The molecule has 186 valence electrons. The molecule has 35 heavy (non-hydrogen) atoms. The first-order valence-electron chi connectivity index (χ1n) is 11.9. The fourth-order valence-electron chi connectivity index (χ4n) is 5.09. The van der Waals surface area contributed by atoms with Crippen LogP contribution < -0.4 is 10.6 Å². The third-order valence-corrected chi connectivity index (χ3v) is 8.09. The molecule has 0 radical (unpaired) electrons. The molecule has 2 saturated heterocycles. The summed E-state index contributed by atoms with van der Waals surface area (Å²) in [6, 6.07) is 6.50. The van der Waals surface area contributed by atoms with Crippen LogP contribution in [0.4, 0.5) is 10.5 Å². The van der Waals surface area contributed by atoms with Gasteiger partial charge in [-0.05, 0) is 56.4 Å². The normalized spacial score (nSPS) is 20.8. The number of aromatic nitrogens is 1. The van der Waals surface area contributed by atoms with Crippen molar-refractivity contribution in [3.8, 4) is 0 Å². The molecule has 4 rings (SSSR count). The van der Waals surface area contributed by atoms with E-state index < -0.39 is 5.54 Å². The quantitative estimate of drug-likeness (QED) is 0.571. The minimum absolute atomic E-state index is 0.0368. The number of carbonyl (C=O) groups is 4. The van der Waals surface area contributed by atoms with Crippen molar-refractivity contribution in [3.63, 3.8) is 0 Å². The number of rotatable bonds is 7. The van der Waals surface area contributed by atoms with Crippen LogP contribution in [-0.4, -0.2) is 63.7 Å². The summed E-state index contributed by atoms with van der Waals surface area (Å²) in [7, 11) is 0. The molecule has 0 aliphatic carbocycles. The zero-order valence-corrected chi connectivity index (χ0v) is 21.1. The Morgan fingerprint density at radius 3 is 2.46 bits per heavy atom. The predicted molar refractivity (Wildman–Crippen MR) is 133 cm³/mol. The van der Waals surface area contributed by atoms with Crippen molar-refractivity contribution in [2.45, 2.75) is 52.0 Å². The van der Waals surface area contributed by atoms with Crippen LogP contribution in [0.3, 0.4) is 0 Å². The Bertz CT molecular complexity index is 1120. The van der Waals surface area contributed by atoms with E-state index in [1.807, 2.05) is 13.8 Å². The molecule has 0 spiro atoms. The lowest BCUT2D eigenvalue weighted by atomic mass is 9.75. The van der Waals surface area contributed by atoms with Gasteiger partial charge in [-0.2, -0.15) is 0 Å². The first-order valence-corrected chi connectivity index (χ1v) is 12.8. The Morgan fingerprint density at radius 1 is 1.20 bits per heavy atom. The zero-order chi connectivity index (χ0) is 25.2. The molecule has 0 bridgehead atoms. The van der Waals surface area contributed by atoms with Crippen molar-refractivity contribution in [2.24, 2.45) is 5.92 Å². The number of aryl methyl sites for hydroxylation is 1. The van der Waals surface area contributed by atoms with Crippen molar-refractivity contribution in [1.29, 1.82) is 0 Å². The topological polar surface area (TPSA) is 112 Å². The smallest absolute Gasteiger partial charge is 0.325 e. The Kier molecular flexibility index (Phi) is 7.20. The van der Waals surface area contributed by atoms with Crippen LogP contribution in [0.5, 0.6) is 0 Å². The summed E-state index contributed by atoms with van der Waals surface area (Å²) in [5.74, 6) is -0.440. The van der Waals surface area contributed by atoms with Gasteiger partial charge in [0, 0.05) is 49.1 Å². The number of amides is 5. The summed E-state index contributed by atoms with van der Waals surface area (Å²) in [5.41, 5.74) is 2.99. The molecule has 9 nitrogen and oxygen atoms in total. The van der Waals surface area contributed by atoms with Crippen molar-refractivity contribution >= 4 is 40.8 Å². The molecule has 1 atom stereocenters. The number of likely N-dealkylation sites (tertiary alicyclic amines) is 1. The van der Waals surface area contributed by atoms with Crippen LogP contribution in [0.15, 0.2) is 29.8 Å². The highest BCUT2D eigenvalue weighted by Gasteiger charge is 2.54. The number of hydrogen-bond acceptors (Lipinski definition) is 6. The second-order valence-electron chi connectivity index (χ2n) is 9.15. The SMILES string of the molecule is CCC1(C2CCN(C(=O)c3ccc(NC(C)=O)cc3)CC2)NC(=O)N(CCc2scnc2C)C1=O. The third-order valence-electron chi connectivity index (χ3n) is 7.10. The van der Waals surface area contributed by atoms with Gasteiger partial charge in [-0.3, -0.25) is 19.3 Å². The number of urea groups is 1. The van der Waals surface area contributed by atoms with Crippen molar-refractivity contribution < 1.29 is 19.2 Å². The number of carbonyl (C=O) groups excluding carboxylic acids is 4. The van der Waals surface area contributed by atoms with Crippen LogP contribution in [-0.2, 0) is 16.0 Å². The van der Waals surface area contributed by atoms with E-state index in [9.17, 15) is 19.2 Å². The molecule has 1 aromatic heterocycles. The number of benzene rings is 1. The summed E-state index contributed by atoms with van der Waals surface area (Å²) in [6.45, 7) is 6.67. The molecule has 2 aliphatic rings. The van der Waals surface area contributed by atoms with Gasteiger partial charge in [0.05, 0.1) is 11.2 Å². The van der Waals surface area contributed by atoms with Crippen molar-refractivity contribution in [3.05, 3.63) is 45.9 Å². The maximum Gasteiger partial charge on any atom is 0.325 e. The summed E-state index contributed by atoms with van der Waals surface area (Å²) < 4.78 is 0. The lowest BCUT2D eigenvalue weighted by Crippen LogP contribution is -2.56. The van der Waals surface area contributed by atoms with Crippen LogP contribution in [0, 0.1) is 12.8 Å². The average molecular weight is 498 g/mol. The maximum atomic E-state index is 13.5. The molecule has 10 heteroatoms. The van der Waals surface area contributed by atoms with Crippen LogP contribution >= 0.6 is 11.3 Å². The Labute approximate surface area is 208 Å². The Hall–Kier alpha value is -3.27. The number of thiazole rings is 1. The number of nitrogens with one attached hydrogen (secondary N) is 2. The summed E-state index contributed by atoms with van der Waals surface area (Å²) >= 11 is 1.54. The highest BCUT2D eigenvalue weighted by molar-refractivity contribution is 7.09. The average Bonchev–Trinajstić information content (AvgIpc) is 3.37. The Morgan fingerprint density at radius 2 is 1.89 bits per heavy atom. The monoisotopic (exact) mass is 497 g/mol. The van der Waals surface area contributed by atoms with Crippen molar-refractivity contribution in [2.75, 3.05) is 25.0 Å². The number of piperidine rings is 1. The maximum absolute atomic E-state index is 13.5. The van der Waals surface area contributed by atoms with Gasteiger partial charge in [0.1, 0.15) is 5.54 Å². The molecule has 1 aromatic carbocycles. The van der Waals surface area contributed by atoms with Crippen LogP contribution in [0.1, 0.15) is 54.0 Å². The molecule has 5 amide bonds. The van der Waals surface area contributed by atoms with E-state index in [0.717, 1.165) is 10.6 Å². The minimum Gasteiger partial charge on any atom is -0.339 e. The molecule has 2 aromatic rings. The number of imide groups is 1. The first-order chi connectivity index (χ1) is 16.7. The number of nitrogens with zero attached hydrogens (tertiary/aromatic N) is 3. The summed E-state index contributed by atoms with van der Waals surface area (Å²) in [4.78, 5) is 58.9. The molecule has 1 unspecified atom stereocenters. The fraction of sp³-hybridized carbons (Fsp3) is 0.480. The van der Waals surface area contributed by atoms with Crippen molar-refractivity contribution in [1.82, 2.24) is 20.1 Å². The Balaban J connectivity index is 1.38.